The van der Waals surface area contributed by atoms with Crippen LogP contribution >= 0.6 is 0 Å². The Labute approximate surface area is 373 Å². The first kappa shape index (κ1) is 37.3. The quantitative estimate of drug-likeness (QED) is 0.139. The molecule has 0 saturated carbocycles. The fraction of sp³-hybridized carbons (Fsp3) is 0. The van der Waals surface area contributed by atoms with Gasteiger partial charge in [0.25, 0.3) is 0 Å². The topological polar surface area (TPSA) is 8.17 Å². The van der Waals surface area contributed by atoms with Crippen LogP contribution in [0.4, 0.5) is 17.1 Å². The maximum Gasteiger partial charge on any atom is 0.0541 e. The monoisotopic (exact) mass is 814 g/mol. The Bertz CT molecular complexity index is 3540. The van der Waals surface area contributed by atoms with Gasteiger partial charge in [0.05, 0.1) is 11.0 Å². The van der Waals surface area contributed by atoms with E-state index in [9.17, 15) is 0 Å². The van der Waals surface area contributed by atoms with Gasteiger partial charge >= 0.3 is 0 Å². The molecule has 12 rings (SSSR count). The van der Waals surface area contributed by atoms with Crippen molar-refractivity contribution in [2.24, 2.45) is 0 Å². The Balaban J connectivity index is 1.10. The fourth-order valence-electron chi connectivity index (χ4n) is 9.73. The molecule has 0 atom stereocenters. The summed E-state index contributed by atoms with van der Waals surface area (Å²) in [4.78, 5) is 2.40. The van der Waals surface area contributed by atoms with Crippen LogP contribution in [0.15, 0.2) is 255 Å². The molecule has 0 unspecified atom stereocenters. The van der Waals surface area contributed by atoms with Crippen molar-refractivity contribution in [3.05, 3.63) is 255 Å². The number of hydrogen-bond donors (Lipinski definition) is 0. The van der Waals surface area contributed by atoms with Gasteiger partial charge in [-0.2, -0.15) is 0 Å². The van der Waals surface area contributed by atoms with E-state index >= 15 is 0 Å². The average molecular weight is 815 g/mol. The van der Waals surface area contributed by atoms with Gasteiger partial charge in [0.1, 0.15) is 0 Å². The van der Waals surface area contributed by atoms with Crippen molar-refractivity contribution in [3.8, 4) is 50.2 Å². The van der Waals surface area contributed by atoms with Crippen LogP contribution in [0.3, 0.4) is 0 Å². The highest BCUT2D eigenvalue weighted by Gasteiger charge is 2.20. The molecule has 0 aliphatic rings. The number of fused-ring (bicyclic) bond motifs is 6. The van der Waals surface area contributed by atoms with E-state index in [1.807, 2.05) is 0 Å². The maximum atomic E-state index is 2.41. The zero-order valence-electron chi connectivity index (χ0n) is 35.1. The van der Waals surface area contributed by atoms with Crippen LogP contribution in [0, 0.1) is 0 Å². The van der Waals surface area contributed by atoms with E-state index in [0.717, 1.165) is 28.3 Å². The van der Waals surface area contributed by atoms with Crippen LogP contribution in [0.25, 0.3) is 93.5 Å². The summed E-state index contributed by atoms with van der Waals surface area (Å²) in [6.45, 7) is 0. The lowest BCUT2D eigenvalue weighted by Gasteiger charge is -2.27. The summed E-state index contributed by atoms with van der Waals surface area (Å²) in [7, 11) is 0. The number of aromatic nitrogens is 1. The summed E-state index contributed by atoms with van der Waals surface area (Å²) in [6, 6.07) is 92.8. The molecular formula is C62H42N2. The van der Waals surface area contributed by atoms with Crippen LogP contribution in [0.1, 0.15) is 0 Å². The van der Waals surface area contributed by atoms with Crippen LogP contribution in [-0.2, 0) is 0 Å². The highest BCUT2D eigenvalue weighted by Crippen LogP contribution is 2.45. The lowest BCUT2D eigenvalue weighted by molar-refractivity contribution is 1.18. The average Bonchev–Trinajstić information content (AvgIpc) is 3.71. The van der Waals surface area contributed by atoms with Crippen molar-refractivity contribution < 1.29 is 0 Å². The molecule has 0 radical (unpaired) electrons. The van der Waals surface area contributed by atoms with Crippen molar-refractivity contribution >= 4 is 60.4 Å². The van der Waals surface area contributed by atoms with Gasteiger partial charge in [-0.3, -0.25) is 0 Å². The number of benzene rings is 11. The second-order valence-corrected chi connectivity index (χ2v) is 16.5. The lowest BCUT2D eigenvalue weighted by atomic mass is 9.88. The molecule has 11 aromatic carbocycles. The number of para-hydroxylation sites is 2. The molecule has 0 bridgehead atoms. The summed E-state index contributed by atoms with van der Waals surface area (Å²) in [6.07, 6.45) is 0. The first-order valence-electron chi connectivity index (χ1n) is 22.0. The smallest absolute Gasteiger partial charge is 0.0541 e. The van der Waals surface area contributed by atoms with Gasteiger partial charge in [-0.1, -0.05) is 182 Å². The van der Waals surface area contributed by atoms with Crippen molar-refractivity contribution in [1.82, 2.24) is 4.57 Å². The Morgan fingerprint density at radius 2 is 0.734 bits per heavy atom. The van der Waals surface area contributed by atoms with Crippen LogP contribution in [-0.4, -0.2) is 4.57 Å². The second kappa shape index (κ2) is 15.8. The van der Waals surface area contributed by atoms with Gasteiger partial charge in [-0.05, 0) is 139 Å². The van der Waals surface area contributed by atoms with Crippen LogP contribution in [0.2, 0.25) is 0 Å². The molecule has 300 valence electrons. The zero-order valence-corrected chi connectivity index (χ0v) is 35.1. The molecule has 0 fully saturated rings. The van der Waals surface area contributed by atoms with Gasteiger partial charge in [0.15, 0.2) is 0 Å². The van der Waals surface area contributed by atoms with Gasteiger partial charge < -0.3 is 9.47 Å². The number of rotatable bonds is 8. The highest BCUT2D eigenvalue weighted by atomic mass is 15.1. The van der Waals surface area contributed by atoms with Gasteiger partial charge in [0, 0.05) is 33.5 Å². The van der Waals surface area contributed by atoms with E-state index in [2.05, 4.69) is 264 Å². The minimum atomic E-state index is 1.08. The van der Waals surface area contributed by atoms with Gasteiger partial charge in [0.2, 0.25) is 0 Å². The molecule has 64 heavy (non-hydrogen) atoms. The summed E-state index contributed by atoms with van der Waals surface area (Å²) < 4.78 is 2.39. The van der Waals surface area contributed by atoms with Crippen molar-refractivity contribution in [2.45, 2.75) is 0 Å². The zero-order chi connectivity index (χ0) is 42.4. The molecule has 0 spiro atoms. The molecule has 0 aliphatic carbocycles. The van der Waals surface area contributed by atoms with Gasteiger partial charge in [-0.15, -0.1) is 0 Å². The summed E-state index contributed by atoms with van der Waals surface area (Å²) in [5, 5.41) is 7.44. The minimum Gasteiger partial charge on any atom is -0.310 e. The summed E-state index contributed by atoms with van der Waals surface area (Å²) in [5.41, 5.74) is 16.3. The minimum absolute atomic E-state index is 1.08. The van der Waals surface area contributed by atoms with E-state index in [0.29, 0.717) is 0 Å². The maximum absolute atomic E-state index is 2.41. The Morgan fingerprint density at radius 1 is 0.250 bits per heavy atom. The second-order valence-electron chi connectivity index (χ2n) is 16.5. The number of nitrogens with zero attached hydrogens (tertiary/aromatic N) is 2. The lowest BCUT2D eigenvalue weighted by Crippen LogP contribution is -2.10. The van der Waals surface area contributed by atoms with E-state index in [1.54, 1.807) is 0 Å². The first-order chi connectivity index (χ1) is 31.7. The Morgan fingerprint density at radius 3 is 1.39 bits per heavy atom. The first-order valence-corrected chi connectivity index (χ1v) is 22.0. The molecule has 0 N–H and O–H groups in total. The van der Waals surface area contributed by atoms with Crippen molar-refractivity contribution in [1.29, 1.82) is 0 Å². The predicted octanol–water partition coefficient (Wildman–Crippen LogP) is 17.2. The molecule has 1 aromatic heterocycles. The molecule has 1 heterocycles. The van der Waals surface area contributed by atoms with Gasteiger partial charge in [-0.25, -0.2) is 0 Å². The third-order valence-electron chi connectivity index (χ3n) is 12.8. The normalized spacial score (nSPS) is 11.4. The van der Waals surface area contributed by atoms with E-state index in [4.69, 9.17) is 0 Å². The molecule has 12 aromatic rings. The summed E-state index contributed by atoms with van der Waals surface area (Å²) in [5.74, 6) is 0. The van der Waals surface area contributed by atoms with Crippen molar-refractivity contribution in [3.63, 3.8) is 0 Å². The predicted molar refractivity (Wildman–Crippen MR) is 272 cm³/mol. The molecule has 0 saturated heterocycles. The molecular weight excluding hydrogens is 773 g/mol. The number of hydrogen-bond acceptors (Lipinski definition) is 1. The van der Waals surface area contributed by atoms with Crippen molar-refractivity contribution in [2.75, 3.05) is 4.90 Å². The largest absolute Gasteiger partial charge is 0.310 e. The molecule has 2 nitrogen and oxygen atoms in total. The van der Waals surface area contributed by atoms with E-state index in [-0.39, 0.29) is 0 Å². The van der Waals surface area contributed by atoms with Crippen LogP contribution < -0.4 is 4.90 Å². The fourth-order valence-corrected chi connectivity index (χ4v) is 9.73. The van der Waals surface area contributed by atoms with E-state index in [1.165, 1.54) is 82.3 Å². The van der Waals surface area contributed by atoms with E-state index < -0.39 is 0 Å². The Kier molecular flexibility index (Phi) is 9.20. The standard InChI is InChI=1S/C62H42N2/c1-4-16-43(17-5-1)45-28-33-50(34-29-45)63(51-35-30-46(31-36-51)44-18-6-2-7-19-44)52-37-38-56(59-40-47-20-10-11-23-53(47)54-24-12-13-25-55(54)59)58(42-52)48-32-39-62-60(41-48)57-26-14-15-27-61(57)64(62)49-21-8-3-9-22-49/h1-42H. The third kappa shape index (κ3) is 6.52. The highest BCUT2D eigenvalue weighted by molar-refractivity contribution is 6.16. The summed E-state index contributed by atoms with van der Waals surface area (Å²) >= 11 is 0. The molecule has 2 heteroatoms. The molecule has 0 aliphatic heterocycles. The Hall–Kier alpha value is -8.46. The molecule has 0 amide bonds. The van der Waals surface area contributed by atoms with Crippen LogP contribution in [0.5, 0.6) is 0 Å². The number of anilines is 3. The SMILES string of the molecule is c1ccc(-c2ccc(N(c3ccc(-c4ccccc4)cc3)c3ccc(-c4cc5ccccc5c5ccccc45)c(-c4ccc5c(c4)c4ccccc4n5-c4ccccc4)c3)cc2)cc1. The third-order valence-corrected chi connectivity index (χ3v) is 12.8.